The van der Waals surface area contributed by atoms with E-state index in [-0.39, 0.29) is 28.7 Å². The van der Waals surface area contributed by atoms with E-state index in [9.17, 15) is 18.0 Å². The number of methoxy groups -OCH3 is 1. The average Bonchev–Trinajstić information content (AvgIpc) is 2.89. The van der Waals surface area contributed by atoms with Crippen molar-refractivity contribution in [3.63, 3.8) is 0 Å². The molecule has 4 rings (SSSR count). The fourth-order valence-corrected chi connectivity index (χ4v) is 5.90. The maximum absolute atomic E-state index is 13.1. The first-order valence-electron chi connectivity index (χ1n) is 12.2. The summed E-state index contributed by atoms with van der Waals surface area (Å²) in [4.78, 5) is 27.6. The van der Waals surface area contributed by atoms with E-state index in [1.54, 1.807) is 29.2 Å². The Hall–Kier alpha value is -3.07. The van der Waals surface area contributed by atoms with Crippen molar-refractivity contribution in [1.82, 2.24) is 10.2 Å². The summed E-state index contributed by atoms with van der Waals surface area (Å²) in [5.74, 6) is 0.0504. The molecule has 2 aliphatic rings. The number of nitrogens with zero attached hydrogens (tertiary/aromatic N) is 1. The Bertz CT molecular complexity index is 1140. The lowest BCUT2D eigenvalue weighted by Gasteiger charge is -2.33. The van der Waals surface area contributed by atoms with Crippen molar-refractivity contribution in [2.24, 2.45) is 5.92 Å². The van der Waals surface area contributed by atoms with Crippen LogP contribution >= 0.6 is 0 Å². The van der Waals surface area contributed by atoms with E-state index in [1.165, 1.54) is 37.8 Å². The second-order valence-corrected chi connectivity index (χ2v) is 10.9. The van der Waals surface area contributed by atoms with Crippen molar-refractivity contribution < 1.29 is 22.7 Å². The van der Waals surface area contributed by atoms with E-state index >= 15 is 0 Å². The van der Waals surface area contributed by atoms with Crippen molar-refractivity contribution >= 4 is 27.5 Å². The minimum atomic E-state index is -3.86. The molecule has 1 aliphatic carbocycles. The van der Waals surface area contributed by atoms with E-state index in [0.29, 0.717) is 30.1 Å². The molecule has 9 heteroatoms. The number of rotatable bonds is 7. The largest absolute Gasteiger partial charge is 0.495 e. The van der Waals surface area contributed by atoms with Gasteiger partial charge in [0.1, 0.15) is 5.75 Å². The summed E-state index contributed by atoms with van der Waals surface area (Å²) in [5.41, 5.74) is 0.732. The number of sulfonamides is 1. The van der Waals surface area contributed by atoms with Crippen LogP contribution in [0.25, 0.3) is 0 Å². The van der Waals surface area contributed by atoms with Crippen LogP contribution in [0.5, 0.6) is 5.75 Å². The number of para-hydroxylation sites is 2. The zero-order chi connectivity index (χ0) is 24.8. The van der Waals surface area contributed by atoms with Gasteiger partial charge in [-0.25, -0.2) is 8.42 Å². The minimum Gasteiger partial charge on any atom is -0.495 e. The smallest absolute Gasteiger partial charge is 0.262 e. The third-order valence-electron chi connectivity index (χ3n) is 6.79. The zero-order valence-electron chi connectivity index (χ0n) is 20.0. The second-order valence-electron chi connectivity index (χ2n) is 9.26. The number of hydrogen-bond donors (Lipinski definition) is 2. The van der Waals surface area contributed by atoms with Crippen LogP contribution < -0.4 is 14.8 Å². The summed E-state index contributed by atoms with van der Waals surface area (Å²) in [6, 6.07) is 12.9. The molecule has 2 fully saturated rings. The highest BCUT2D eigenvalue weighted by Crippen LogP contribution is 2.27. The maximum Gasteiger partial charge on any atom is 0.262 e. The van der Waals surface area contributed by atoms with Crippen molar-refractivity contribution in [3.8, 4) is 5.75 Å². The monoisotopic (exact) mass is 499 g/mol. The van der Waals surface area contributed by atoms with Gasteiger partial charge in [0.2, 0.25) is 5.91 Å². The van der Waals surface area contributed by atoms with Crippen LogP contribution in [-0.4, -0.2) is 51.4 Å². The first-order valence-corrected chi connectivity index (χ1v) is 13.7. The van der Waals surface area contributed by atoms with Crippen molar-refractivity contribution in [3.05, 3.63) is 54.1 Å². The number of amides is 2. The Labute approximate surface area is 207 Å². The summed E-state index contributed by atoms with van der Waals surface area (Å²) in [6.07, 6.45) is 7.14. The Morgan fingerprint density at radius 3 is 2.37 bits per heavy atom. The molecule has 1 saturated carbocycles. The molecule has 1 heterocycles. The molecule has 188 valence electrons. The van der Waals surface area contributed by atoms with Gasteiger partial charge in [0, 0.05) is 24.7 Å². The van der Waals surface area contributed by atoms with Crippen molar-refractivity contribution in [2.75, 3.05) is 24.9 Å². The summed E-state index contributed by atoms with van der Waals surface area (Å²) < 4.78 is 33.4. The highest BCUT2D eigenvalue weighted by Gasteiger charge is 2.30. The Morgan fingerprint density at radius 1 is 0.943 bits per heavy atom. The number of benzene rings is 2. The normalized spacial score (nSPS) is 19.1. The molecule has 1 saturated heterocycles. The number of carbonyl (C=O) groups excluding carboxylic acids is 2. The molecule has 1 atom stereocenters. The van der Waals surface area contributed by atoms with Crippen LogP contribution in [0.2, 0.25) is 0 Å². The lowest BCUT2D eigenvalue weighted by molar-refractivity contribution is -0.127. The van der Waals surface area contributed by atoms with Crippen LogP contribution in [0, 0.1) is 5.92 Å². The SMILES string of the molecule is COc1ccccc1NS(=O)(=O)c1ccc(C(=O)N2CCCC(C(=O)NC3CCCCC3)C2)cc1. The molecular formula is C26H33N3O5S. The fourth-order valence-electron chi connectivity index (χ4n) is 4.83. The van der Waals surface area contributed by atoms with Gasteiger partial charge in [-0.3, -0.25) is 14.3 Å². The predicted octanol–water partition coefficient (Wildman–Crippen LogP) is 3.80. The zero-order valence-corrected chi connectivity index (χ0v) is 20.9. The molecule has 2 amide bonds. The number of piperidine rings is 1. The van der Waals surface area contributed by atoms with Gasteiger partial charge in [-0.2, -0.15) is 0 Å². The minimum absolute atomic E-state index is 0.0401. The highest BCUT2D eigenvalue weighted by atomic mass is 32.2. The molecule has 35 heavy (non-hydrogen) atoms. The molecule has 8 nitrogen and oxygen atoms in total. The molecule has 2 N–H and O–H groups in total. The standard InChI is InChI=1S/C26H33N3O5S/c1-34-24-12-6-5-11-23(24)28-35(32,33)22-15-13-19(14-16-22)26(31)29-17-7-8-20(18-29)25(30)27-21-9-3-2-4-10-21/h5-6,11-16,20-21,28H,2-4,7-10,17-18H2,1H3,(H,27,30). The molecule has 0 bridgehead atoms. The topological polar surface area (TPSA) is 105 Å². The highest BCUT2D eigenvalue weighted by molar-refractivity contribution is 7.92. The van der Waals surface area contributed by atoms with Crippen molar-refractivity contribution in [2.45, 2.75) is 55.9 Å². The first kappa shape index (κ1) is 25.0. The predicted molar refractivity (Wildman–Crippen MR) is 134 cm³/mol. The Balaban J connectivity index is 1.39. The van der Waals surface area contributed by atoms with E-state index in [2.05, 4.69) is 10.0 Å². The lowest BCUT2D eigenvalue weighted by atomic mass is 9.93. The number of anilines is 1. The van der Waals surface area contributed by atoms with Gasteiger partial charge >= 0.3 is 0 Å². The van der Waals surface area contributed by atoms with E-state index in [4.69, 9.17) is 4.74 Å². The molecule has 2 aromatic carbocycles. The third-order valence-corrected chi connectivity index (χ3v) is 8.18. The van der Waals surface area contributed by atoms with E-state index in [0.717, 1.165) is 38.5 Å². The molecule has 0 spiro atoms. The molecule has 1 unspecified atom stereocenters. The van der Waals surface area contributed by atoms with Gasteiger partial charge in [-0.05, 0) is 62.1 Å². The average molecular weight is 500 g/mol. The van der Waals surface area contributed by atoms with Crippen LogP contribution in [0.1, 0.15) is 55.3 Å². The Morgan fingerprint density at radius 2 is 1.66 bits per heavy atom. The van der Waals surface area contributed by atoms with Gasteiger partial charge in [-0.1, -0.05) is 31.4 Å². The summed E-state index contributed by atoms with van der Waals surface area (Å²) >= 11 is 0. The number of likely N-dealkylation sites (tertiary alicyclic amines) is 1. The number of hydrogen-bond acceptors (Lipinski definition) is 5. The number of nitrogens with one attached hydrogen (secondary N) is 2. The van der Waals surface area contributed by atoms with Gasteiger partial charge in [0.15, 0.2) is 0 Å². The van der Waals surface area contributed by atoms with Crippen molar-refractivity contribution in [1.29, 1.82) is 0 Å². The fraction of sp³-hybridized carbons (Fsp3) is 0.462. The lowest BCUT2D eigenvalue weighted by Crippen LogP contribution is -2.47. The first-order chi connectivity index (χ1) is 16.9. The number of carbonyl (C=O) groups is 2. The summed E-state index contributed by atoms with van der Waals surface area (Å²) in [7, 11) is -2.38. The van der Waals surface area contributed by atoms with Gasteiger partial charge in [0.25, 0.3) is 15.9 Å². The van der Waals surface area contributed by atoms with Crippen LogP contribution in [-0.2, 0) is 14.8 Å². The van der Waals surface area contributed by atoms with Crippen LogP contribution in [0.4, 0.5) is 5.69 Å². The van der Waals surface area contributed by atoms with E-state index < -0.39 is 10.0 Å². The van der Waals surface area contributed by atoms with Crippen LogP contribution in [0.3, 0.4) is 0 Å². The van der Waals surface area contributed by atoms with Gasteiger partial charge in [0.05, 0.1) is 23.6 Å². The molecular weight excluding hydrogens is 466 g/mol. The molecule has 0 radical (unpaired) electrons. The Kier molecular flexibility index (Phi) is 7.95. The molecule has 1 aliphatic heterocycles. The van der Waals surface area contributed by atoms with E-state index in [1.807, 2.05) is 0 Å². The van der Waals surface area contributed by atoms with Crippen LogP contribution in [0.15, 0.2) is 53.4 Å². The number of ether oxygens (including phenoxy) is 1. The maximum atomic E-state index is 13.1. The molecule has 2 aromatic rings. The van der Waals surface area contributed by atoms with Gasteiger partial charge in [-0.15, -0.1) is 0 Å². The summed E-state index contributed by atoms with van der Waals surface area (Å²) in [6.45, 7) is 0.967. The van der Waals surface area contributed by atoms with Gasteiger partial charge < -0.3 is 15.0 Å². The quantitative estimate of drug-likeness (QED) is 0.603. The second kappa shape index (κ2) is 11.1. The third kappa shape index (κ3) is 6.14. The molecule has 0 aromatic heterocycles. The summed E-state index contributed by atoms with van der Waals surface area (Å²) in [5, 5.41) is 3.18.